The van der Waals surface area contributed by atoms with Crippen LogP contribution in [0.1, 0.15) is 32.4 Å². The Labute approximate surface area is 104 Å². The average Bonchev–Trinajstić information content (AvgIpc) is 2.29. The maximum atomic E-state index is 10.2. The maximum absolute atomic E-state index is 10.2. The molecule has 17 heavy (non-hydrogen) atoms. The van der Waals surface area contributed by atoms with E-state index in [1.807, 2.05) is 37.3 Å². The van der Waals surface area contributed by atoms with E-state index >= 15 is 0 Å². The molecule has 0 bridgehead atoms. The van der Waals surface area contributed by atoms with E-state index < -0.39 is 0 Å². The highest BCUT2D eigenvalue weighted by Crippen LogP contribution is 2.27. The molecule has 0 saturated heterocycles. The van der Waals surface area contributed by atoms with Gasteiger partial charge in [0.2, 0.25) is 0 Å². The summed E-state index contributed by atoms with van der Waals surface area (Å²) < 4.78 is 0. The second-order valence-corrected chi connectivity index (χ2v) is 5.01. The van der Waals surface area contributed by atoms with Crippen molar-refractivity contribution in [3.8, 4) is 0 Å². The predicted molar refractivity (Wildman–Crippen MR) is 68.8 cm³/mol. The third-order valence-corrected chi connectivity index (χ3v) is 2.90. The van der Waals surface area contributed by atoms with Gasteiger partial charge in [-0.15, -0.1) is 0 Å². The first kappa shape index (κ1) is 14.2. The van der Waals surface area contributed by atoms with Gasteiger partial charge >= 0.3 is 0 Å². The number of aliphatic hydroxyl groups excluding tert-OH is 1. The number of hydrogen-bond acceptors (Lipinski definition) is 3. The van der Waals surface area contributed by atoms with E-state index in [4.69, 9.17) is 5.11 Å². The lowest BCUT2D eigenvalue weighted by molar-refractivity contribution is -0.151. The van der Waals surface area contributed by atoms with Gasteiger partial charge in [0.25, 0.3) is 0 Å². The number of hydrogen-bond donors (Lipinski definition) is 2. The summed E-state index contributed by atoms with van der Waals surface area (Å²) in [5.74, 6) is 0.387. The highest BCUT2D eigenvalue weighted by molar-refractivity contribution is 5.19. The molecule has 1 aromatic carbocycles. The number of rotatable bonds is 6. The molecule has 0 aliphatic heterocycles. The molecular weight excluding hydrogens is 214 g/mol. The molecule has 3 heteroatoms. The smallest absolute Gasteiger partial charge is 0.0622 e. The predicted octanol–water partition coefficient (Wildman–Crippen LogP) is 2.70. The Morgan fingerprint density at radius 1 is 1.12 bits per heavy atom. The molecule has 96 valence electrons. The summed E-state index contributed by atoms with van der Waals surface area (Å²) in [5, 5.41) is 20.5. The fourth-order valence-electron chi connectivity index (χ4n) is 2.04. The fourth-order valence-corrected chi connectivity index (χ4v) is 2.04. The second-order valence-electron chi connectivity index (χ2n) is 5.01. The Balaban J connectivity index is 2.79. The van der Waals surface area contributed by atoms with Gasteiger partial charge in [-0.05, 0) is 17.4 Å². The zero-order valence-electron chi connectivity index (χ0n) is 10.9. The number of benzene rings is 1. The van der Waals surface area contributed by atoms with Crippen LogP contribution in [0.25, 0.3) is 0 Å². The van der Waals surface area contributed by atoms with Crippen LogP contribution in [0.3, 0.4) is 0 Å². The van der Waals surface area contributed by atoms with Crippen LogP contribution >= 0.6 is 0 Å². The lowest BCUT2D eigenvalue weighted by atomic mass is 9.95. The Morgan fingerprint density at radius 2 is 1.71 bits per heavy atom. The largest absolute Gasteiger partial charge is 0.396 e. The van der Waals surface area contributed by atoms with Gasteiger partial charge < -0.3 is 10.3 Å². The highest BCUT2D eigenvalue weighted by atomic mass is 16.5. The van der Waals surface area contributed by atoms with Crippen LogP contribution in [0, 0.1) is 11.8 Å². The van der Waals surface area contributed by atoms with Crippen LogP contribution in [-0.4, -0.2) is 28.5 Å². The molecule has 3 nitrogen and oxygen atoms in total. The van der Waals surface area contributed by atoms with Crippen molar-refractivity contribution in [3.05, 3.63) is 35.9 Å². The molecule has 1 rings (SSSR count). The number of aliphatic hydroxyl groups is 1. The molecule has 0 fully saturated rings. The zero-order chi connectivity index (χ0) is 12.8. The molecule has 2 atom stereocenters. The van der Waals surface area contributed by atoms with Crippen molar-refractivity contribution in [2.75, 3.05) is 13.2 Å². The van der Waals surface area contributed by atoms with Crippen molar-refractivity contribution < 1.29 is 10.3 Å². The SMILES string of the molecule is CC(CO)CN(O)C(c1ccccc1)C(C)C. The van der Waals surface area contributed by atoms with Gasteiger partial charge in [0.1, 0.15) is 0 Å². The minimum atomic E-state index is -0.0230. The van der Waals surface area contributed by atoms with E-state index in [9.17, 15) is 5.21 Å². The number of hydroxylamine groups is 2. The highest BCUT2D eigenvalue weighted by Gasteiger charge is 2.23. The monoisotopic (exact) mass is 237 g/mol. The van der Waals surface area contributed by atoms with Crippen molar-refractivity contribution in [3.63, 3.8) is 0 Å². The molecule has 0 aromatic heterocycles. The van der Waals surface area contributed by atoms with Gasteiger partial charge in [-0.1, -0.05) is 51.1 Å². The topological polar surface area (TPSA) is 43.7 Å². The van der Waals surface area contributed by atoms with Crippen LogP contribution in [0.4, 0.5) is 0 Å². The van der Waals surface area contributed by atoms with E-state index in [2.05, 4.69) is 13.8 Å². The molecule has 0 radical (unpaired) electrons. The zero-order valence-corrected chi connectivity index (χ0v) is 10.9. The van der Waals surface area contributed by atoms with Crippen molar-refractivity contribution in [2.24, 2.45) is 11.8 Å². The van der Waals surface area contributed by atoms with E-state index in [-0.39, 0.29) is 18.6 Å². The molecule has 1 aromatic rings. The van der Waals surface area contributed by atoms with Crippen molar-refractivity contribution in [2.45, 2.75) is 26.8 Å². The Kier molecular flexibility index (Phi) is 5.62. The van der Waals surface area contributed by atoms with Crippen LogP contribution in [-0.2, 0) is 0 Å². The molecule has 2 unspecified atom stereocenters. The standard InChI is InChI=1S/C14H23NO2/c1-11(2)14(13-7-5-4-6-8-13)15(17)9-12(3)10-16/h4-8,11-12,14,16-17H,9-10H2,1-3H3. The molecule has 2 N–H and O–H groups in total. The van der Waals surface area contributed by atoms with Crippen molar-refractivity contribution in [1.29, 1.82) is 0 Å². The summed E-state index contributed by atoms with van der Waals surface area (Å²) in [6.07, 6.45) is 0. The van der Waals surface area contributed by atoms with E-state index in [1.54, 1.807) is 0 Å². The molecule has 0 aliphatic rings. The minimum Gasteiger partial charge on any atom is -0.396 e. The third-order valence-electron chi connectivity index (χ3n) is 2.90. The van der Waals surface area contributed by atoms with Gasteiger partial charge in [0, 0.05) is 13.2 Å². The van der Waals surface area contributed by atoms with Gasteiger partial charge in [0.15, 0.2) is 0 Å². The molecular formula is C14H23NO2. The first-order valence-corrected chi connectivity index (χ1v) is 6.17. The van der Waals surface area contributed by atoms with Crippen LogP contribution < -0.4 is 0 Å². The normalized spacial score (nSPS) is 15.2. The molecule has 0 saturated carbocycles. The van der Waals surface area contributed by atoms with E-state index in [0.717, 1.165) is 5.56 Å². The third kappa shape index (κ3) is 4.11. The Morgan fingerprint density at radius 3 is 2.18 bits per heavy atom. The van der Waals surface area contributed by atoms with Crippen LogP contribution in [0.5, 0.6) is 0 Å². The first-order valence-electron chi connectivity index (χ1n) is 6.17. The average molecular weight is 237 g/mol. The van der Waals surface area contributed by atoms with Gasteiger partial charge in [-0.25, -0.2) is 0 Å². The Hall–Kier alpha value is -0.900. The summed E-state index contributed by atoms with van der Waals surface area (Å²) in [5.41, 5.74) is 1.11. The van der Waals surface area contributed by atoms with E-state index in [0.29, 0.717) is 12.5 Å². The summed E-state index contributed by atoms with van der Waals surface area (Å²) >= 11 is 0. The summed E-state index contributed by atoms with van der Waals surface area (Å²) in [4.78, 5) is 0. The molecule has 0 aliphatic carbocycles. The molecule has 0 spiro atoms. The number of nitrogens with zero attached hydrogens (tertiary/aromatic N) is 1. The molecule has 0 amide bonds. The van der Waals surface area contributed by atoms with Crippen molar-refractivity contribution in [1.82, 2.24) is 5.06 Å². The lowest BCUT2D eigenvalue weighted by Crippen LogP contribution is -2.33. The van der Waals surface area contributed by atoms with Crippen LogP contribution in [0.2, 0.25) is 0 Å². The minimum absolute atomic E-state index is 0.0230. The quantitative estimate of drug-likeness (QED) is 0.748. The summed E-state index contributed by atoms with van der Waals surface area (Å²) in [6.45, 7) is 6.67. The second kappa shape index (κ2) is 6.74. The van der Waals surface area contributed by atoms with Gasteiger partial charge in [0.05, 0.1) is 6.04 Å². The Bertz CT molecular complexity index is 313. The molecule has 0 heterocycles. The van der Waals surface area contributed by atoms with Crippen molar-refractivity contribution >= 4 is 0 Å². The van der Waals surface area contributed by atoms with Gasteiger partial charge in [-0.3, -0.25) is 0 Å². The van der Waals surface area contributed by atoms with Crippen LogP contribution in [0.15, 0.2) is 30.3 Å². The maximum Gasteiger partial charge on any atom is 0.0622 e. The van der Waals surface area contributed by atoms with Gasteiger partial charge in [-0.2, -0.15) is 5.06 Å². The summed E-state index contributed by atoms with van der Waals surface area (Å²) in [6, 6.07) is 9.96. The lowest BCUT2D eigenvalue weighted by Gasteiger charge is -2.31. The first-order chi connectivity index (χ1) is 8.06. The van der Waals surface area contributed by atoms with E-state index in [1.165, 1.54) is 5.06 Å². The fraction of sp³-hybridized carbons (Fsp3) is 0.571. The summed E-state index contributed by atoms with van der Waals surface area (Å²) in [7, 11) is 0.